The maximum Gasteiger partial charge on any atom is 0.250 e. The van der Waals surface area contributed by atoms with Gasteiger partial charge >= 0.3 is 0 Å². The highest BCUT2D eigenvalue weighted by Crippen LogP contribution is 2.25. The largest absolute Gasteiger partial charge is 0.366 e. The molecule has 4 nitrogen and oxygen atoms in total. The first-order chi connectivity index (χ1) is 13.3. The van der Waals surface area contributed by atoms with Crippen LogP contribution in [-0.2, 0) is 9.84 Å². The molecule has 0 unspecified atom stereocenters. The monoisotopic (exact) mass is 415 g/mol. The molecule has 0 heterocycles. The van der Waals surface area contributed by atoms with Crippen molar-refractivity contribution in [3.8, 4) is 0 Å². The third-order valence-corrected chi connectivity index (χ3v) is 6.21. The lowest BCUT2D eigenvalue weighted by atomic mass is 10.1. The molecule has 0 radical (unpaired) electrons. The number of amides is 1. The first-order valence-electron chi connectivity index (χ1n) is 8.16. The molecule has 3 aromatic carbocycles. The lowest BCUT2D eigenvalue weighted by Crippen LogP contribution is -2.16. The molecule has 3 rings (SSSR count). The Kier molecular flexibility index (Phi) is 5.63. The zero-order valence-corrected chi connectivity index (χ0v) is 16.0. The van der Waals surface area contributed by atoms with Crippen molar-refractivity contribution >= 4 is 39.5 Å². The van der Waals surface area contributed by atoms with E-state index in [4.69, 9.17) is 17.3 Å². The third kappa shape index (κ3) is 4.13. The molecule has 0 aliphatic rings. The maximum absolute atomic E-state index is 13.1. The van der Waals surface area contributed by atoms with Gasteiger partial charge in [-0.05, 0) is 47.5 Å². The Hall–Kier alpha value is -2.96. The summed E-state index contributed by atoms with van der Waals surface area (Å²) in [5.74, 6) is -1.23. The normalized spacial score (nSPS) is 11.6. The molecular formula is C21H15ClFNO3S. The zero-order chi connectivity index (χ0) is 20.3. The minimum Gasteiger partial charge on any atom is -0.366 e. The van der Waals surface area contributed by atoms with E-state index in [0.717, 1.165) is 5.56 Å². The molecule has 3 aromatic rings. The number of hydrogen-bond donors (Lipinski definition) is 1. The van der Waals surface area contributed by atoms with Crippen molar-refractivity contribution in [3.63, 3.8) is 0 Å². The van der Waals surface area contributed by atoms with E-state index in [2.05, 4.69) is 0 Å². The van der Waals surface area contributed by atoms with Crippen LogP contribution in [0.25, 0.3) is 12.2 Å². The van der Waals surface area contributed by atoms with Crippen molar-refractivity contribution in [3.05, 3.63) is 94.3 Å². The number of halogens is 2. The minimum absolute atomic E-state index is 0.0400. The second kappa shape index (κ2) is 7.96. The summed E-state index contributed by atoms with van der Waals surface area (Å²) in [5, 5.41) is 0.276. The topological polar surface area (TPSA) is 77.2 Å². The van der Waals surface area contributed by atoms with E-state index in [0.29, 0.717) is 5.56 Å². The van der Waals surface area contributed by atoms with Gasteiger partial charge in [0.25, 0.3) is 0 Å². The maximum atomic E-state index is 13.1. The quantitative estimate of drug-likeness (QED) is 0.619. The smallest absolute Gasteiger partial charge is 0.250 e. The number of nitrogens with two attached hydrogens (primary N) is 1. The van der Waals surface area contributed by atoms with Gasteiger partial charge in [0, 0.05) is 0 Å². The molecule has 0 aromatic heterocycles. The predicted molar refractivity (Wildman–Crippen MR) is 107 cm³/mol. The summed E-state index contributed by atoms with van der Waals surface area (Å²) in [7, 11) is -3.90. The van der Waals surface area contributed by atoms with Crippen LogP contribution in [0.5, 0.6) is 0 Å². The number of hydrogen-bond acceptors (Lipinski definition) is 3. The minimum atomic E-state index is -3.90. The van der Waals surface area contributed by atoms with Crippen molar-refractivity contribution in [2.24, 2.45) is 5.73 Å². The van der Waals surface area contributed by atoms with Crippen LogP contribution in [0.3, 0.4) is 0 Å². The molecular weight excluding hydrogens is 401 g/mol. The molecule has 0 saturated carbocycles. The predicted octanol–water partition coefficient (Wildman–Crippen LogP) is 4.58. The summed E-state index contributed by atoms with van der Waals surface area (Å²) in [5.41, 5.74) is 6.58. The molecule has 142 valence electrons. The van der Waals surface area contributed by atoms with Crippen LogP contribution in [0.4, 0.5) is 4.39 Å². The highest BCUT2D eigenvalue weighted by atomic mass is 35.5. The Bertz CT molecular complexity index is 1170. The summed E-state index contributed by atoms with van der Waals surface area (Å²) in [4.78, 5) is 11.4. The van der Waals surface area contributed by atoms with Gasteiger partial charge in [0.1, 0.15) is 5.82 Å². The number of primary amides is 1. The Morgan fingerprint density at radius 3 is 2.29 bits per heavy atom. The highest BCUT2D eigenvalue weighted by molar-refractivity contribution is 7.91. The van der Waals surface area contributed by atoms with Crippen molar-refractivity contribution < 1.29 is 17.6 Å². The molecule has 0 aliphatic carbocycles. The van der Waals surface area contributed by atoms with Gasteiger partial charge < -0.3 is 5.73 Å². The Morgan fingerprint density at radius 2 is 1.64 bits per heavy atom. The van der Waals surface area contributed by atoms with E-state index >= 15 is 0 Å². The van der Waals surface area contributed by atoms with Gasteiger partial charge in [-0.2, -0.15) is 0 Å². The van der Waals surface area contributed by atoms with E-state index in [1.165, 1.54) is 42.5 Å². The van der Waals surface area contributed by atoms with E-state index in [-0.39, 0.29) is 20.4 Å². The number of sulfone groups is 1. The molecule has 1 amide bonds. The van der Waals surface area contributed by atoms with Crippen LogP contribution in [-0.4, -0.2) is 14.3 Å². The summed E-state index contributed by atoms with van der Waals surface area (Å²) in [6, 6.07) is 16.0. The number of benzene rings is 3. The molecule has 7 heteroatoms. The van der Waals surface area contributed by atoms with E-state index < -0.39 is 21.6 Å². The molecule has 0 aliphatic heterocycles. The number of carbonyl (C=O) groups is 1. The molecule has 2 N–H and O–H groups in total. The van der Waals surface area contributed by atoms with Gasteiger partial charge in [-0.15, -0.1) is 0 Å². The van der Waals surface area contributed by atoms with Crippen LogP contribution in [0.2, 0.25) is 5.02 Å². The molecule has 0 spiro atoms. The molecule has 0 saturated heterocycles. The first-order valence-corrected chi connectivity index (χ1v) is 10.0. The Labute approximate surface area is 167 Å². The van der Waals surface area contributed by atoms with Crippen LogP contribution >= 0.6 is 11.6 Å². The Balaban J connectivity index is 1.90. The first kappa shape index (κ1) is 19.8. The summed E-state index contributed by atoms with van der Waals surface area (Å²) in [6.07, 6.45) is 3.43. The fourth-order valence-electron chi connectivity index (χ4n) is 2.61. The van der Waals surface area contributed by atoms with E-state index in [9.17, 15) is 17.6 Å². The lowest BCUT2D eigenvalue weighted by Gasteiger charge is -2.08. The molecule has 0 fully saturated rings. The SMILES string of the molecule is NC(=O)c1ccccc1S(=O)(=O)c1ccc(C=Cc2ccc(F)cc2Cl)cc1. The highest BCUT2D eigenvalue weighted by Gasteiger charge is 2.22. The summed E-state index contributed by atoms with van der Waals surface area (Å²) in [6.45, 7) is 0. The summed E-state index contributed by atoms with van der Waals surface area (Å²) < 4.78 is 38.8. The molecule has 28 heavy (non-hydrogen) atoms. The van der Waals surface area contributed by atoms with Crippen molar-refractivity contribution in [1.29, 1.82) is 0 Å². The molecule has 0 atom stereocenters. The van der Waals surface area contributed by atoms with Crippen LogP contribution in [0.1, 0.15) is 21.5 Å². The van der Waals surface area contributed by atoms with E-state index in [1.807, 2.05) is 0 Å². The van der Waals surface area contributed by atoms with Gasteiger partial charge in [0.15, 0.2) is 0 Å². The molecule has 0 bridgehead atoms. The zero-order valence-electron chi connectivity index (χ0n) is 14.5. The average Bonchev–Trinajstić information content (AvgIpc) is 2.67. The van der Waals surface area contributed by atoms with Crippen molar-refractivity contribution in [2.45, 2.75) is 9.79 Å². The van der Waals surface area contributed by atoms with E-state index in [1.54, 1.807) is 36.4 Å². The number of carbonyl (C=O) groups excluding carboxylic acids is 1. The van der Waals surface area contributed by atoms with Gasteiger partial charge in [-0.25, -0.2) is 12.8 Å². The van der Waals surface area contributed by atoms with Crippen LogP contribution in [0, 0.1) is 5.82 Å². The van der Waals surface area contributed by atoms with Gasteiger partial charge in [0.2, 0.25) is 15.7 Å². The lowest BCUT2D eigenvalue weighted by molar-refractivity contribution is 0.0997. The van der Waals surface area contributed by atoms with Crippen LogP contribution < -0.4 is 5.73 Å². The van der Waals surface area contributed by atoms with Crippen molar-refractivity contribution in [2.75, 3.05) is 0 Å². The second-order valence-corrected chi connectivity index (χ2v) is 8.26. The van der Waals surface area contributed by atoms with Gasteiger partial charge in [-0.1, -0.05) is 54.1 Å². The van der Waals surface area contributed by atoms with Crippen LogP contribution in [0.15, 0.2) is 76.5 Å². The number of rotatable bonds is 5. The van der Waals surface area contributed by atoms with Gasteiger partial charge in [-0.3, -0.25) is 4.79 Å². The summed E-state index contributed by atoms with van der Waals surface area (Å²) >= 11 is 5.98. The Morgan fingerprint density at radius 1 is 0.964 bits per heavy atom. The van der Waals surface area contributed by atoms with Gasteiger partial charge in [0.05, 0.1) is 20.4 Å². The second-order valence-electron chi connectivity index (χ2n) is 5.93. The third-order valence-electron chi connectivity index (χ3n) is 4.05. The fraction of sp³-hybridized carbons (Fsp3) is 0. The average molecular weight is 416 g/mol. The standard InChI is InChI=1S/C21H15ClFNO3S/c22-19-13-16(23)10-9-15(19)8-5-14-6-11-17(12-7-14)28(26,27)20-4-2-1-3-18(20)21(24)25/h1-13H,(H2,24,25). The fourth-order valence-corrected chi connectivity index (χ4v) is 4.31. The van der Waals surface area contributed by atoms with Crippen molar-refractivity contribution in [1.82, 2.24) is 0 Å².